The molecule has 1 aromatic carbocycles. The van der Waals surface area contributed by atoms with Crippen molar-refractivity contribution < 1.29 is 4.42 Å². The van der Waals surface area contributed by atoms with Gasteiger partial charge in [-0.05, 0) is 24.5 Å². The van der Waals surface area contributed by atoms with Gasteiger partial charge in [-0.25, -0.2) is 9.97 Å². The maximum atomic E-state index is 5.37. The van der Waals surface area contributed by atoms with Gasteiger partial charge in [0.25, 0.3) is 0 Å². The van der Waals surface area contributed by atoms with E-state index in [1.165, 1.54) is 0 Å². The molecule has 94 valence electrons. The minimum absolute atomic E-state index is 0.785. The Balaban J connectivity index is 1.94. The highest BCUT2D eigenvalue weighted by atomic mass is 32.2. The van der Waals surface area contributed by atoms with Crippen LogP contribution in [0.5, 0.6) is 0 Å². The van der Waals surface area contributed by atoms with E-state index >= 15 is 0 Å². The highest BCUT2D eigenvalue weighted by Gasteiger charge is 2.04. The smallest absolute Gasteiger partial charge is 0.187 e. The average Bonchev–Trinajstić information content (AvgIpc) is 3.02. The van der Waals surface area contributed by atoms with Crippen molar-refractivity contribution in [3.8, 4) is 22.6 Å². The van der Waals surface area contributed by atoms with Crippen molar-refractivity contribution in [3.05, 3.63) is 54.9 Å². The first-order chi connectivity index (χ1) is 9.36. The Hall–Kier alpha value is -2.07. The molecule has 0 amide bonds. The Kier molecular flexibility index (Phi) is 3.33. The minimum atomic E-state index is 0.785. The fourth-order valence-corrected chi connectivity index (χ4v) is 2.20. The molecule has 0 unspecified atom stereocenters. The van der Waals surface area contributed by atoms with Crippen LogP contribution >= 0.6 is 11.8 Å². The van der Waals surface area contributed by atoms with Gasteiger partial charge in [-0.1, -0.05) is 36.0 Å². The van der Waals surface area contributed by atoms with E-state index in [0.717, 1.165) is 27.7 Å². The van der Waals surface area contributed by atoms with Crippen LogP contribution in [0, 0.1) is 0 Å². The molecule has 4 heteroatoms. The van der Waals surface area contributed by atoms with Gasteiger partial charge in [0.2, 0.25) is 0 Å². The quantitative estimate of drug-likeness (QED) is 0.529. The van der Waals surface area contributed by atoms with E-state index in [0.29, 0.717) is 0 Å². The first-order valence-electron chi connectivity index (χ1n) is 5.88. The maximum Gasteiger partial charge on any atom is 0.187 e. The van der Waals surface area contributed by atoms with E-state index < -0.39 is 0 Å². The lowest BCUT2D eigenvalue weighted by Gasteiger charge is -2.03. The second kappa shape index (κ2) is 5.28. The first-order valence-corrected chi connectivity index (χ1v) is 7.10. The summed E-state index contributed by atoms with van der Waals surface area (Å²) in [6, 6.07) is 13.9. The highest BCUT2D eigenvalue weighted by Crippen LogP contribution is 2.24. The van der Waals surface area contributed by atoms with Gasteiger partial charge in [0, 0.05) is 17.3 Å². The molecule has 2 heterocycles. The molecular weight excluding hydrogens is 256 g/mol. The SMILES string of the molecule is CSc1nccc(-c2ccc(-c3ccco3)cc2)n1. The number of rotatable bonds is 3. The van der Waals surface area contributed by atoms with Crippen LogP contribution < -0.4 is 0 Å². The summed E-state index contributed by atoms with van der Waals surface area (Å²) in [6.07, 6.45) is 5.44. The fourth-order valence-electron chi connectivity index (χ4n) is 1.85. The van der Waals surface area contributed by atoms with Crippen LogP contribution in [0.3, 0.4) is 0 Å². The second-order valence-electron chi connectivity index (χ2n) is 3.98. The van der Waals surface area contributed by atoms with E-state index in [2.05, 4.69) is 9.97 Å². The Morgan fingerprint density at radius 3 is 2.47 bits per heavy atom. The van der Waals surface area contributed by atoms with Crippen LogP contribution in [0.15, 0.2) is 64.5 Å². The van der Waals surface area contributed by atoms with Crippen LogP contribution in [0.25, 0.3) is 22.6 Å². The largest absolute Gasteiger partial charge is 0.464 e. The zero-order valence-electron chi connectivity index (χ0n) is 10.4. The average molecular weight is 268 g/mol. The summed E-state index contributed by atoms with van der Waals surface area (Å²) in [6.45, 7) is 0. The van der Waals surface area contributed by atoms with E-state index in [1.807, 2.05) is 48.7 Å². The minimum Gasteiger partial charge on any atom is -0.464 e. The number of hydrogen-bond donors (Lipinski definition) is 0. The van der Waals surface area contributed by atoms with Crippen molar-refractivity contribution in [3.63, 3.8) is 0 Å². The van der Waals surface area contributed by atoms with Crippen molar-refractivity contribution in [1.29, 1.82) is 0 Å². The Bertz CT molecular complexity index is 663. The van der Waals surface area contributed by atoms with Crippen molar-refractivity contribution in [2.75, 3.05) is 6.26 Å². The summed E-state index contributed by atoms with van der Waals surface area (Å²) in [5, 5.41) is 0.785. The molecule has 2 aromatic heterocycles. The summed E-state index contributed by atoms with van der Waals surface area (Å²) in [5.74, 6) is 0.874. The molecule has 0 fully saturated rings. The summed E-state index contributed by atoms with van der Waals surface area (Å²) in [5.41, 5.74) is 3.08. The van der Waals surface area contributed by atoms with Crippen molar-refractivity contribution >= 4 is 11.8 Å². The van der Waals surface area contributed by atoms with Gasteiger partial charge in [-0.2, -0.15) is 0 Å². The number of thioether (sulfide) groups is 1. The molecule has 0 aliphatic heterocycles. The van der Waals surface area contributed by atoms with Crippen LogP contribution in [0.2, 0.25) is 0 Å². The zero-order valence-corrected chi connectivity index (χ0v) is 11.2. The van der Waals surface area contributed by atoms with Gasteiger partial charge in [0.05, 0.1) is 12.0 Å². The number of benzene rings is 1. The third-order valence-corrected chi connectivity index (χ3v) is 3.36. The summed E-state index contributed by atoms with van der Waals surface area (Å²) in [4.78, 5) is 8.66. The van der Waals surface area contributed by atoms with Crippen LogP contribution in [-0.2, 0) is 0 Å². The van der Waals surface area contributed by atoms with Crippen molar-refractivity contribution in [1.82, 2.24) is 9.97 Å². The summed E-state index contributed by atoms with van der Waals surface area (Å²) < 4.78 is 5.37. The molecule has 0 aliphatic carbocycles. The van der Waals surface area contributed by atoms with Gasteiger partial charge < -0.3 is 4.42 Å². The lowest BCUT2D eigenvalue weighted by molar-refractivity contribution is 0.582. The summed E-state index contributed by atoms with van der Waals surface area (Å²) in [7, 11) is 0. The Labute approximate surface area is 115 Å². The van der Waals surface area contributed by atoms with Gasteiger partial charge in [-0.15, -0.1) is 0 Å². The number of nitrogens with zero attached hydrogens (tertiary/aromatic N) is 2. The molecule has 0 aliphatic rings. The molecule has 0 N–H and O–H groups in total. The van der Waals surface area contributed by atoms with Crippen molar-refractivity contribution in [2.45, 2.75) is 5.16 Å². The molecule has 3 nitrogen and oxygen atoms in total. The highest BCUT2D eigenvalue weighted by molar-refractivity contribution is 7.98. The summed E-state index contributed by atoms with van der Waals surface area (Å²) >= 11 is 1.54. The lowest BCUT2D eigenvalue weighted by atomic mass is 10.1. The molecule has 0 spiro atoms. The lowest BCUT2D eigenvalue weighted by Crippen LogP contribution is -1.88. The van der Waals surface area contributed by atoms with E-state index in [9.17, 15) is 0 Å². The van der Waals surface area contributed by atoms with Gasteiger partial charge in [0.1, 0.15) is 5.76 Å². The predicted molar refractivity (Wildman–Crippen MR) is 77.0 cm³/mol. The topological polar surface area (TPSA) is 38.9 Å². The molecule has 0 saturated heterocycles. The third kappa shape index (κ3) is 2.53. The second-order valence-corrected chi connectivity index (χ2v) is 4.76. The third-order valence-electron chi connectivity index (χ3n) is 2.80. The molecule has 0 atom stereocenters. The van der Waals surface area contributed by atoms with E-state index in [4.69, 9.17) is 4.42 Å². The van der Waals surface area contributed by atoms with Crippen molar-refractivity contribution in [2.24, 2.45) is 0 Å². The monoisotopic (exact) mass is 268 g/mol. The normalized spacial score (nSPS) is 10.6. The van der Waals surface area contributed by atoms with Gasteiger partial charge >= 0.3 is 0 Å². The molecule has 0 saturated carbocycles. The van der Waals surface area contributed by atoms with Crippen LogP contribution in [-0.4, -0.2) is 16.2 Å². The van der Waals surface area contributed by atoms with E-state index in [-0.39, 0.29) is 0 Å². The number of aromatic nitrogens is 2. The fraction of sp³-hybridized carbons (Fsp3) is 0.0667. The first kappa shape index (κ1) is 12.0. The predicted octanol–water partition coefficient (Wildman–Crippen LogP) is 4.13. The maximum absolute atomic E-state index is 5.37. The number of hydrogen-bond acceptors (Lipinski definition) is 4. The molecule has 0 radical (unpaired) electrons. The standard InChI is InChI=1S/C15H12N2OS/c1-19-15-16-9-8-13(17-15)11-4-6-12(7-5-11)14-3-2-10-18-14/h2-10H,1H3. The van der Waals surface area contributed by atoms with Crippen LogP contribution in [0.4, 0.5) is 0 Å². The molecular formula is C15H12N2OS. The Morgan fingerprint density at radius 1 is 1.00 bits per heavy atom. The molecule has 19 heavy (non-hydrogen) atoms. The number of furan rings is 1. The van der Waals surface area contributed by atoms with E-state index in [1.54, 1.807) is 24.2 Å². The zero-order chi connectivity index (χ0) is 13.1. The molecule has 3 rings (SSSR count). The molecule has 3 aromatic rings. The molecule has 0 bridgehead atoms. The van der Waals surface area contributed by atoms with Gasteiger partial charge in [-0.3, -0.25) is 0 Å². The van der Waals surface area contributed by atoms with Crippen LogP contribution in [0.1, 0.15) is 0 Å². The Morgan fingerprint density at radius 2 is 1.79 bits per heavy atom. The van der Waals surface area contributed by atoms with Gasteiger partial charge in [0.15, 0.2) is 5.16 Å².